The fourth-order valence-electron chi connectivity index (χ4n) is 3.07. The molecule has 4 rings (SSSR count). The Morgan fingerprint density at radius 2 is 1.96 bits per heavy atom. The molecule has 6 nitrogen and oxygen atoms in total. The fourth-order valence-corrected chi connectivity index (χ4v) is 5.30. The van der Waals surface area contributed by atoms with Gasteiger partial charge >= 0.3 is 0 Å². The van der Waals surface area contributed by atoms with Crippen LogP contribution in [0.25, 0.3) is 0 Å². The van der Waals surface area contributed by atoms with Gasteiger partial charge in [0.05, 0.1) is 0 Å². The third-order valence-electron chi connectivity index (χ3n) is 4.32. The van der Waals surface area contributed by atoms with E-state index in [4.69, 9.17) is 23.2 Å². The number of benzene rings is 2. The maximum atomic E-state index is 14.6. The van der Waals surface area contributed by atoms with Crippen LogP contribution in [-0.4, -0.2) is 22.7 Å². The van der Waals surface area contributed by atoms with E-state index in [2.05, 4.69) is 19.0 Å². The molecule has 0 unspecified atom stereocenters. The van der Waals surface area contributed by atoms with Gasteiger partial charge in [-0.1, -0.05) is 29.3 Å². The second kappa shape index (κ2) is 7.57. The molecule has 11 heteroatoms. The van der Waals surface area contributed by atoms with Gasteiger partial charge in [0.15, 0.2) is 0 Å². The van der Waals surface area contributed by atoms with Crippen molar-refractivity contribution in [1.82, 2.24) is 14.3 Å². The number of halogens is 3. The Kier molecular flexibility index (Phi) is 5.28. The van der Waals surface area contributed by atoms with Crippen LogP contribution in [0.5, 0.6) is 0 Å². The summed E-state index contributed by atoms with van der Waals surface area (Å²) in [6.07, 6.45) is 1.20. The van der Waals surface area contributed by atoms with Gasteiger partial charge in [-0.15, -0.1) is 0 Å². The van der Waals surface area contributed by atoms with Crippen molar-refractivity contribution in [3.8, 4) is 0 Å². The van der Waals surface area contributed by atoms with Crippen molar-refractivity contribution in [2.45, 2.75) is 24.5 Å². The van der Waals surface area contributed by atoms with E-state index < -0.39 is 20.7 Å². The van der Waals surface area contributed by atoms with Gasteiger partial charge < -0.3 is 0 Å². The Balaban J connectivity index is 1.55. The molecule has 3 aromatic rings. The molecule has 0 atom stereocenters. The van der Waals surface area contributed by atoms with Crippen molar-refractivity contribution in [2.24, 2.45) is 0 Å². The molecule has 2 aromatic carbocycles. The maximum Gasteiger partial charge on any atom is 0.266 e. The zero-order valence-electron chi connectivity index (χ0n) is 14.2. The highest BCUT2D eigenvalue weighted by Gasteiger charge is 2.25. The van der Waals surface area contributed by atoms with Crippen LogP contribution in [0.4, 0.5) is 9.52 Å². The minimum absolute atomic E-state index is 0.0492. The number of fused-ring (bicyclic) bond motifs is 1. The molecule has 1 N–H and O–H groups in total. The smallest absolute Gasteiger partial charge is 0.266 e. The van der Waals surface area contributed by atoms with Gasteiger partial charge in [-0.25, -0.2) is 17.8 Å². The molecule has 0 saturated heterocycles. The van der Waals surface area contributed by atoms with E-state index in [9.17, 15) is 12.8 Å². The molecule has 1 aromatic heterocycles. The lowest BCUT2D eigenvalue weighted by Gasteiger charge is -2.17. The Labute approximate surface area is 175 Å². The van der Waals surface area contributed by atoms with E-state index in [0.29, 0.717) is 30.2 Å². The second-order valence-electron chi connectivity index (χ2n) is 6.28. The molecule has 28 heavy (non-hydrogen) atoms. The summed E-state index contributed by atoms with van der Waals surface area (Å²) in [6.45, 7) is 1.72. The highest BCUT2D eigenvalue weighted by Crippen LogP contribution is 2.31. The Morgan fingerprint density at radius 3 is 2.71 bits per heavy atom. The van der Waals surface area contributed by atoms with Crippen LogP contribution in [0.2, 0.25) is 10.0 Å². The van der Waals surface area contributed by atoms with Gasteiger partial charge in [-0.05, 0) is 41.0 Å². The SMILES string of the molecule is O=S(=O)(Nc1ncns1)c1cc(Cl)c(CN2Cc3ccc(Cl)cc3C2)cc1F. The summed E-state index contributed by atoms with van der Waals surface area (Å²) in [6, 6.07) is 7.99. The predicted molar refractivity (Wildman–Crippen MR) is 107 cm³/mol. The van der Waals surface area contributed by atoms with Crippen LogP contribution >= 0.6 is 34.7 Å². The number of nitrogens with one attached hydrogen (secondary N) is 1. The lowest BCUT2D eigenvalue weighted by atomic mass is 10.1. The van der Waals surface area contributed by atoms with Gasteiger partial charge in [0.1, 0.15) is 17.0 Å². The first-order valence-corrected chi connectivity index (χ1v) is 11.1. The molecular formula is C17H13Cl2FN4O2S2. The quantitative estimate of drug-likeness (QED) is 0.616. The monoisotopic (exact) mass is 458 g/mol. The van der Waals surface area contributed by atoms with Crippen LogP contribution in [-0.2, 0) is 29.7 Å². The van der Waals surface area contributed by atoms with E-state index >= 15 is 0 Å². The second-order valence-corrected chi connectivity index (χ2v) is 9.56. The summed E-state index contributed by atoms with van der Waals surface area (Å²) in [4.78, 5) is 5.28. The fraction of sp³-hybridized carbons (Fsp3) is 0.176. The van der Waals surface area contributed by atoms with E-state index in [1.54, 1.807) is 0 Å². The average Bonchev–Trinajstić information content (AvgIpc) is 3.26. The topological polar surface area (TPSA) is 75.2 Å². The molecule has 146 valence electrons. The molecule has 0 radical (unpaired) electrons. The Bertz CT molecular complexity index is 1140. The summed E-state index contributed by atoms with van der Waals surface area (Å²) in [5, 5.41) is 0.892. The summed E-state index contributed by atoms with van der Waals surface area (Å²) in [5.41, 5.74) is 2.78. The van der Waals surface area contributed by atoms with Gasteiger partial charge in [-0.2, -0.15) is 4.37 Å². The number of hydrogen-bond donors (Lipinski definition) is 1. The normalized spacial score (nSPS) is 14.2. The van der Waals surface area contributed by atoms with Gasteiger partial charge in [-0.3, -0.25) is 9.62 Å². The Morgan fingerprint density at radius 1 is 1.18 bits per heavy atom. The molecule has 0 spiro atoms. The van der Waals surface area contributed by atoms with Crippen LogP contribution in [0.1, 0.15) is 16.7 Å². The maximum absolute atomic E-state index is 14.6. The average molecular weight is 459 g/mol. The van der Waals surface area contributed by atoms with Crippen molar-refractivity contribution >= 4 is 49.9 Å². The van der Waals surface area contributed by atoms with Crippen molar-refractivity contribution < 1.29 is 12.8 Å². The molecule has 1 aliphatic rings. The van der Waals surface area contributed by atoms with Crippen LogP contribution < -0.4 is 4.72 Å². The van der Waals surface area contributed by atoms with Gasteiger partial charge in [0, 0.05) is 41.2 Å². The number of nitrogens with zero attached hydrogens (tertiary/aromatic N) is 3. The first-order chi connectivity index (χ1) is 13.3. The van der Waals surface area contributed by atoms with E-state index in [1.807, 2.05) is 18.2 Å². The number of hydrogen-bond acceptors (Lipinski definition) is 6. The van der Waals surface area contributed by atoms with E-state index in [0.717, 1.165) is 34.8 Å². The third kappa shape index (κ3) is 3.99. The standard InChI is InChI=1S/C17H13Cl2FN4O2S2/c18-13-2-1-10-6-24(7-11(10)3-13)8-12-4-15(20)16(5-14(12)19)28(25,26)23-17-21-9-22-27-17/h1-5,9H,6-8H2,(H,21,22,23). The van der Waals surface area contributed by atoms with Crippen LogP contribution in [0, 0.1) is 5.82 Å². The lowest BCUT2D eigenvalue weighted by Crippen LogP contribution is -2.18. The molecule has 0 amide bonds. The van der Waals surface area contributed by atoms with Gasteiger partial charge in [0.25, 0.3) is 10.0 Å². The summed E-state index contributed by atoms with van der Waals surface area (Å²) in [5.74, 6) is -0.879. The third-order valence-corrected chi connectivity index (χ3v) is 6.97. The largest absolute Gasteiger partial charge is 0.291 e. The highest BCUT2D eigenvalue weighted by atomic mass is 35.5. The summed E-state index contributed by atoms with van der Waals surface area (Å²) in [7, 11) is -4.16. The minimum atomic E-state index is -4.16. The van der Waals surface area contributed by atoms with Crippen LogP contribution in [0.15, 0.2) is 41.6 Å². The van der Waals surface area contributed by atoms with Crippen molar-refractivity contribution in [1.29, 1.82) is 0 Å². The van der Waals surface area contributed by atoms with Crippen molar-refractivity contribution in [2.75, 3.05) is 4.72 Å². The number of rotatable bonds is 5. The van der Waals surface area contributed by atoms with Crippen molar-refractivity contribution in [3.63, 3.8) is 0 Å². The molecule has 0 fully saturated rings. The zero-order valence-corrected chi connectivity index (χ0v) is 17.3. The van der Waals surface area contributed by atoms with E-state index in [-0.39, 0.29) is 10.2 Å². The zero-order chi connectivity index (χ0) is 19.9. The molecule has 0 bridgehead atoms. The van der Waals surface area contributed by atoms with E-state index in [1.165, 1.54) is 6.33 Å². The molecule has 2 heterocycles. The highest BCUT2D eigenvalue weighted by molar-refractivity contribution is 7.93. The molecular weight excluding hydrogens is 446 g/mol. The molecule has 0 aliphatic carbocycles. The molecule has 1 aliphatic heterocycles. The summed E-state index contributed by atoms with van der Waals surface area (Å²) < 4.78 is 45.3. The number of anilines is 1. The number of aromatic nitrogens is 2. The van der Waals surface area contributed by atoms with Crippen molar-refractivity contribution in [3.05, 3.63) is 69.2 Å². The number of sulfonamides is 1. The first-order valence-electron chi connectivity index (χ1n) is 8.09. The first kappa shape index (κ1) is 19.5. The lowest BCUT2D eigenvalue weighted by molar-refractivity contribution is 0.275. The Hall–Kier alpha value is -1.78. The predicted octanol–water partition coefficient (Wildman–Crippen LogP) is 4.30. The van der Waals surface area contributed by atoms with Gasteiger partial charge in [0.2, 0.25) is 5.13 Å². The minimum Gasteiger partial charge on any atom is -0.291 e. The summed E-state index contributed by atoms with van der Waals surface area (Å²) >= 11 is 13.2. The molecule has 0 saturated carbocycles. The van der Waals surface area contributed by atoms with Crippen LogP contribution in [0.3, 0.4) is 0 Å².